The molecule has 0 heterocycles. The van der Waals surface area contributed by atoms with Gasteiger partial charge < -0.3 is 10.1 Å². The summed E-state index contributed by atoms with van der Waals surface area (Å²) in [7, 11) is 0. The molecule has 1 atom stereocenters. The van der Waals surface area contributed by atoms with Gasteiger partial charge >= 0.3 is 6.09 Å². The van der Waals surface area contributed by atoms with Crippen molar-refractivity contribution >= 4 is 6.09 Å². The number of halogens is 1. The van der Waals surface area contributed by atoms with Gasteiger partial charge in [-0.05, 0) is 51.3 Å². The molecule has 1 rings (SSSR count). The molecular weight excluding hydrogens is 245 g/mol. The first-order valence-corrected chi connectivity index (χ1v) is 6.37. The fourth-order valence-corrected chi connectivity index (χ4v) is 1.56. The lowest BCUT2D eigenvalue weighted by Gasteiger charge is -2.20. The number of hydrogen-bond acceptors (Lipinski definition) is 2. The third-order valence-electron chi connectivity index (χ3n) is 2.72. The average Bonchev–Trinajstić information content (AvgIpc) is 2.27. The van der Waals surface area contributed by atoms with Crippen molar-refractivity contribution in [3.8, 4) is 0 Å². The molecule has 3 nitrogen and oxygen atoms in total. The third-order valence-corrected chi connectivity index (χ3v) is 2.72. The van der Waals surface area contributed by atoms with Gasteiger partial charge in [-0.2, -0.15) is 0 Å². The van der Waals surface area contributed by atoms with Crippen molar-refractivity contribution in [1.82, 2.24) is 5.32 Å². The monoisotopic (exact) mass is 267 g/mol. The first-order valence-electron chi connectivity index (χ1n) is 6.37. The average molecular weight is 267 g/mol. The number of rotatable bonds is 3. The Morgan fingerprint density at radius 3 is 2.47 bits per heavy atom. The van der Waals surface area contributed by atoms with Gasteiger partial charge in [-0.25, -0.2) is 9.18 Å². The first kappa shape index (κ1) is 15.5. The number of nitrogens with one attached hydrogen (secondary N) is 1. The van der Waals surface area contributed by atoms with Crippen molar-refractivity contribution < 1.29 is 13.9 Å². The third kappa shape index (κ3) is 5.28. The fourth-order valence-electron chi connectivity index (χ4n) is 1.56. The Balaban J connectivity index is 2.53. The van der Waals surface area contributed by atoms with Gasteiger partial charge in [0.1, 0.15) is 11.8 Å². The molecule has 1 amide bonds. The predicted molar refractivity (Wildman–Crippen MR) is 74.0 cm³/mol. The molecule has 1 N–H and O–H groups in total. The molecule has 0 spiro atoms. The maximum Gasteiger partial charge on any atom is 0.407 e. The Morgan fingerprint density at radius 1 is 1.32 bits per heavy atom. The molecule has 0 radical (unpaired) electrons. The topological polar surface area (TPSA) is 38.3 Å². The molecule has 0 aromatic heterocycles. The van der Waals surface area contributed by atoms with Gasteiger partial charge in [-0.15, -0.1) is 0 Å². The number of alkyl carbamates (subject to hydrolysis) is 1. The van der Waals surface area contributed by atoms with Gasteiger partial charge in [0.25, 0.3) is 0 Å². The fraction of sp³-hybridized carbons (Fsp3) is 0.533. The van der Waals surface area contributed by atoms with E-state index in [-0.39, 0.29) is 6.54 Å². The van der Waals surface area contributed by atoms with Crippen LogP contribution in [0.4, 0.5) is 9.18 Å². The molecule has 1 unspecified atom stereocenters. The van der Waals surface area contributed by atoms with Crippen molar-refractivity contribution in [3.63, 3.8) is 0 Å². The minimum Gasteiger partial charge on any atom is -0.444 e. The number of amides is 1. The Bertz CT molecular complexity index is 452. The van der Waals surface area contributed by atoms with Gasteiger partial charge in [0.05, 0.1) is 6.54 Å². The minimum absolute atomic E-state index is 0.0859. The van der Waals surface area contributed by atoms with E-state index < -0.39 is 17.9 Å². The van der Waals surface area contributed by atoms with Crippen molar-refractivity contribution in [2.24, 2.45) is 0 Å². The van der Waals surface area contributed by atoms with E-state index >= 15 is 0 Å². The molecule has 1 aromatic carbocycles. The second-order valence-electron chi connectivity index (χ2n) is 5.69. The highest BCUT2D eigenvalue weighted by Crippen LogP contribution is 2.19. The lowest BCUT2D eigenvalue weighted by atomic mass is 10.0. The van der Waals surface area contributed by atoms with E-state index in [9.17, 15) is 9.18 Å². The zero-order valence-corrected chi connectivity index (χ0v) is 12.2. The normalized spacial score (nSPS) is 12.9. The van der Waals surface area contributed by atoms with E-state index in [0.717, 1.165) is 11.1 Å². The molecule has 0 fully saturated rings. The Hall–Kier alpha value is -1.58. The zero-order chi connectivity index (χ0) is 14.6. The van der Waals surface area contributed by atoms with Crippen LogP contribution in [0.1, 0.15) is 43.6 Å². The van der Waals surface area contributed by atoms with E-state index in [1.54, 1.807) is 32.9 Å². The highest BCUT2D eigenvalue weighted by molar-refractivity contribution is 5.67. The molecule has 106 valence electrons. The van der Waals surface area contributed by atoms with E-state index in [1.807, 2.05) is 19.9 Å². The number of alkyl halides is 1. The summed E-state index contributed by atoms with van der Waals surface area (Å²) in [6.45, 7) is 9.13. The van der Waals surface area contributed by atoms with Crippen LogP contribution in [-0.4, -0.2) is 18.2 Å². The SMILES string of the molecule is Cc1ccc(C(F)CNC(=O)OC(C)(C)C)cc1C. The van der Waals surface area contributed by atoms with Crippen molar-refractivity contribution in [1.29, 1.82) is 0 Å². The Morgan fingerprint density at radius 2 is 1.95 bits per heavy atom. The number of ether oxygens (including phenoxy) is 1. The summed E-state index contributed by atoms with van der Waals surface area (Å²) in [5.74, 6) is 0. The first-order chi connectivity index (χ1) is 8.69. The van der Waals surface area contributed by atoms with Gasteiger partial charge in [0.15, 0.2) is 0 Å². The largest absolute Gasteiger partial charge is 0.444 e. The smallest absolute Gasteiger partial charge is 0.407 e. The van der Waals surface area contributed by atoms with Crippen LogP contribution in [0.25, 0.3) is 0 Å². The van der Waals surface area contributed by atoms with Crippen LogP contribution in [-0.2, 0) is 4.74 Å². The maximum atomic E-state index is 14.0. The predicted octanol–water partition coefficient (Wildman–Crippen LogP) is 3.84. The van der Waals surface area contributed by atoms with E-state index in [4.69, 9.17) is 4.74 Å². The van der Waals surface area contributed by atoms with Crippen LogP contribution in [0, 0.1) is 13.8 Å². The molecule has 19 heavy (non-hydrogen) atoms. The highest BCUT2D eigenvalue weighted by Gasteiger charge is 2.18. The molecule has 0 aliphatic rings. The van der Waals surface area contributed by atoms with Gasteiger partial charge in [0, 0.05) is 0 Å². The molecule has 0 saturated heterocycles. The maximum absolute atomic E-state index is 14.0. The summed E-state index contributed by atoms with van der Waals surface area (Å²) >= 11 is 0. The summed E-state index contributed by atoms with van der Waals surface area (Å²) in [6, 6.07) is 5.42. The number of carbonyl (C=O) groups is 1. The summed E-state index contributed by atoms with van der Waals surface area (Å²) < 4.78 is 19.0. The Labute approximate surface area is 114 Å². The number of benzene rings is 1. The highest BCUT2D eigenvalue weighted by atomic mass is 19.1. The molecule has 0 aliphatic heterocycles. The number of hydrogen-bond donors (Lipinski definition) is 1. The van der Waals surface area contributed by atoms with E-state index in [1.165, 1.54) is 0 Å². The van der Waals surface area contributed by atoms with Gasteiger partial charge in [-0.1, -0.05) is 18.2 Å². The molecule has 0 bridgehead atoms. The second kappa shape index (κ2) is 6.04. The standard InChI is InChI=1S/C15H22FNO2/c1-10-6-7-12(8-11(10)2)13(16)9-17-14(18)19-15(3,4)5/h6-8,13H,9H2,1-5H3,(H,17,18). The van der Waals surface area contributed by atoms with Crippen LogP contribution < -0.4 is 5.32 Å². The molecular formula is C15H22FNO2. The Kier molecular flexibility index (Phi) is 4.92. The number of aryl methyl sites for hydroxylation is 2. The molecule has 0 saturated carbocycles. The molecule has 1 aromatic rings. The summed E-state index contributed by atoms with van der Waals surface area (Å²) in [5.41, 5.74) is 2.16. The summed E-state index contributed by atoms with van der Waals surface area (Å²) in [5, 5.41) is 2.44. The van der Waals surface area contributed by atoms with Gasteiger partial charge in [0.2, 0.25) is 0 Å². The van der Waals surface area contributed by atoms with Gasteiger partial charge in [-0.3, -0.25) is 0 Å². The van der Waals surface area contributed by atoms with Crippen molar-refractivity contribution in [2.45, 2.75) is 46.4 Å². The van der Waals surface area contributed by atoms with Crippen LogP contribution in [0.3, 0.4) is 0 Å². The number of carbonyl (C=O) groups excluding carboxylic acids is 1. The molecule has 4 heteroatoms. The van der Waals surface area contributed by atoms with E-state index in [2.05, 4.69) is 5.32 Å². The van der Waals surface area contributed by atoms with Crippen LogP contribution in [0.2, 0.25) is 0 Å². The van der Waals surface area contributed by atoms with Crippen LogP contribution in [0.15, 0.2) is 18.2 Å². The quantitative estimate of drug-likeness (QED) is 0.903. The second-order valence-corrected chi connectivity index (χ2v) is 5.69. The molecule has 0 aliphatic carbocycles. The summed E-state index contributed by atoms with van der Waals surface area (Å²) in [4.78, 5) is 11.4. The van der Waals surface area contributed by atoms with Crippen molar-refractivity contribution in [3.05, 3.63) is 34.9 Å². The van der Waals surface area contributed by atoms with Crippen LogP contribution >= 0.6 is 0 Å². The lowest BCUT2D eigenvalue weighted by Crippen LogP contribution is -2.34. The lowest BCUT2D eigenvalue weighted by molar-refractivity contribution is 0.0513. The summed E-state index contributed by atoms with van der Waals surface area (Å²) in [6.07, 6.45) is -1.83. The minimum atomic E-state index is -1.23. The van der Waals surface area contributed by atoms with Crippen LogP contribution in [0.5, 0.6) is 0 Å². The van der Waals surface area contributed by atoms with Crippen molar-refractivity contribution in [2.75, 3.05) is 6.54 Å². The zero-order valence-electron chi connectivity index (χ0n) is 12.2. The van der Waals surface area contributed by atoms with E-state index in [0.29, 0.717) is 5.56 Å².